The van der Waals surface area contributed by atoms with Crippen LogP contribution < -0.4 is 5.32 Å². The number of anilines is 1. The number of nitrogens with one attached hydrogen (secondary N) is 1. The molecule has 150 valence electrons. The van der Waals surface area contributed by atoms with Gasteiger partial charge in [0.25, 0.3) is 5.91 Å². The second-order valence-electron chi connectivity index (χ2n) is 7.39. The highest BCUT2D eigenvalue weighted by atomic mass is 16.5. The standard InChI is InChI=1S/C21H26N2O5/c1-3-14-8-4-7-11-17(14)22-18(24)12-28-21(27)13(2)23-19(25)15-9-5-6-10-16(15)20(23)26/h4,7-8,11,13,15-16H,3,5-6,9-10,12H2,1-2H3,(H,22,24). The summed E-state index contributed by atoms with van der Waals surface area (Å²) in [6.07, 6.45) is 3.98. The van der Waals surface area contributed by atoms with Gasteiger partial charge in [0.15, 0.2) is 6.61 Å². The van der Waals surface area contributed by atoms with Crippen molar-refractivity contribution >= 4 is 29.4 Å². The largest absolute Gasteiger partial charge is 0.454 e. The smallest absolute Gasteiger partial charge is 0.329 e. The summed E-state index contributed by atoms with van der Waals surface area (Å²) < 4.78 is 5.08. The topological polar surface area (TPSA) is 92.8 Å². The third-order valence-corrected chi connectivity index (χ3v) is 5.62. The number of carbonyl (C=O) groups excluding carboxylic acids is 4. The van der Waals surface area contributed by atoms with Gasteiger partial charge in [-0.3, -0.25) is 19.3 Å². The molecule has 1 N–H and O–H groups in total. The van der Waals surface area contributed by atoms with Gasteiger partial charge in [-0.1, -0.05) is 38.0 Å². The Bertz CT molecular complexity index is 767. The molecule has 0 spiro atoms. The highest BCUT2D eigenvalue weighted by Crippen LogP contribution is 2.38. The predicted octanol–water partition coefficient (Wildman–Crippen LogP) is 2.29. The summed E-state index contributed by atoms with van der Waals surface area (Å²) in [5, 5.41) is 2.72. The van der Waals surface area contributed by atoms with Gasteiger partial charge in [-0.25, -0.2) is 4.79 Å². The molecule has 2 aliphatic rings. The van der Waals surface area contributed by atoms with Crippen molar-refractivity contribution in [3.63, 3.8) is 0 Å². The number of hydrogen-bond donors (Lipinski definition) is 1. The van der Waals surface area contributed by atoms with Crippen molar-refractivity contribution < 1.29 is 23.9 Å². The molecule has 28 heavy (non-hydrogen) atoms. The number of aryl methyl sites for hydroxylation is 1. The maximum Gasteiger partial charge on any atom is 0.329 e. The number of hydrogen-bond acceptors (Lipinski definition) is 5. The minimum absolute atomic E-state index is 0.291. The van der Waals surface area contributed by atoms with E-state index in [2.05, 4.69) is 5.32 Å². The molecule has 0 aromatic heterocycles. The minimum atomic E-state index is -1.03. The molecule has 2 fully saturated rings. The Hall–Kier alpha value is -2.70. The van der Waals surface area contributed by atoms with Crippen LogP contribution in [0.15, 0.2) is 24.3 Å². The van der Waals surface area contributed by atoms with E-state index >= 15 is 0 Å². The van der Waals surface area contributed by atoms with Gasteiger partial charge in [0.05, 0.1) is 11.8 Å². The molecule has 1 aliphatic carbocycles. The van der Waals surface area contributed by atoms with Gasteiger partial charge in [-0.15, -0.1) is 0 Å². The van der Waals surface area contributed by atoms with E-state index in [4.69, 9.17) is 4.74 Å². The lowest BCUT2D eigenvalue weighted by Crippen LogP contribution is -2.45. The number of amides is 3. The first kappa shape index (κ1) is 20.0. The van der Waals surface area contributed by atoms with Crippen LogP contribution in [0.3, 0.4) is 0 Å². The Morgan fingerprint density at radius 3 is 2.36 bits per heavy atom. The molecule has 3 rings (SSSR count). The van der Waals surface area contributed by atoms with Crippen molar-refractivity contribution in [1.29, 1.82) is 0 Å². The molecule has 0 bridgehead atoms. The molecule has 1 aliphatic heterocycles. The molecular weight excluding hydrogens is 360 g/mol. The first-order chi connectivity index (χ1) is 13.4. The van der Waals surface area contributed by atoms with Crippen LogP contribution in [-0.2, 0) is 30.3 Å². The number of nitrogens with zero attached hydrogens (tertiary/aromatic N) is 1. The highest BCUT2D eigenvalue weighted by molar-refractivity contribution is 6.08. The van der Waals surface area contributed by atoms with Crippen LogP contribution in [0.4, 0.5) is 5.69 Å². The quantitative estimate of drug-likeness (QED) is 0.598. The van der Waals surface area contributed by atoms with Crippen molar-refractivity contribution in [2.24, 2.45) is 11.8 Å². The van der Waals surface area contributed by atoms with Crippen molar-refractivity contribution in [2.75, 3.05) is 11.9 Å². The summed E-state index contributed by atoms with van der Waals surface area (Å²) >= 11 is 0. The fraction of sp³-hybridized carbons (Fsp3) is 0.524. The lowest BCUT2D eigenvalue weighted by Gasteiger charge is -2.21. The Kier molecular flexibility index (Phi) is 6.11. The molecule has 1 saturated carbocycles. The number of ether oxygens (including phenoxy) is 1. The first-order valence-corrected chi connectivity index (χ1v) is 9.85. The number of rotatable bonds is 6. The van der Waals surface area contributed by atoms with Gasteiger partial charge in [0.2, 0.25) is 11.8 Å². The lowest BCUT2D eigenvalue weighted by atomic mass is 9.81. The Labute approximate surface area is 164 Å². The molecule has 1 aromatic carbocycles. The van der Waals surface area contributed by atoms with Gasteiger partial charge in [0.1, 0.15) is 6.04 Å². The number of esters is 1. The molecule has 1 aromatic rings. The SMILES string of the molecule is CCc1ccccc1NC(=O)COC(=O)C(C)N1C(=O)C2CCCCC2C1=O. The van der Waals surface area contributed by atoms with Gasteiger partial charge >= 0.3 is 5.97 Å². The Morgan fingerprint density at radius 1 is 1.14 bits per heavy atom. The van der Waals surface area contributed by atoms with Crippen LogP contribution in [0, 0.1) is 11.8 Å². The normalized spacial score (nSPS) is 22.6. The summed E-state index contributed by atoms with van der Waals surface area (Å²) in [6, 6.07) is 6.37. The number of imide groups is 1. The highest BCUT2D eigenvalue weighted by Gasteiger charge is 2.51. The zero-order chi connectivity index (χ0) is 20.3. The summed E-state index contributed by atoms with van der Waals surface area (Å²) in [5.74, 6) is -2.43. The minimum Gasteiger partial charge on any atom is -0.454 e. The van der Waals surface area contributed by atoms with E-state index in [1.807, 2.05) is 25.1 Å². The van der Waals surface area contributed by atoms with Gasteiger partial charge in [-0.05, 0) is 37.8 Å². The van der Waals surface area contributed by atoms with Crippen LogP contribution in [0.25, 0.3) is 0 Å². The van der Waals surface area contributed by atoms with Gasteiger partial charge in [0, 0.05) is 5.69 Å². The molecule has 7 nitrogen and oxygen atoms in total. The van der Waals surface area contributed by atoms with Crippen LogP contribution in [-0.4, -0.2) is 41.2 Å². The number of carbonyl (C=O) groups is 4. The molecule has 1 heterocycles. The Balaban J connectivity index is 1.56. The van der Waals surface area contributed by atoms with Crippen LogP contribution >= 0.6 is 0 Å². The van der Waals surface area contributed by atoms with Crippen molar-refractivity contribution in [2.45, 2.75) is 52.0 Å². The summed E-state index contributed by atoms with van der Waals surface area (Å²) in [6.45, 7) is 2.98. The van der Waals surface area contributed by atoms with Crippen LogP contribution in [0.1, 0.15) is 45.1 Å². The average Bonchev–Trinajstić information content (AvgIpc) is 2.96. The number of para-hydroxylation sites is 1. The fourth-order valence-corrected chi connectivity index (χ4v) is 4.07. The zero-order valence-corrected chi connectivity index (χ0v) is 16.3. The van der Waals surface area contributed by atoms with Gasteiger partial charge in [-0.2, -0.15) is 0 Å². The molecule has 3 atom stereocenters. The molecule has 1 saturated heterocycles. The van der Waals surface area contributed by atoms with E-state index in [0.717, 1.165) is 29.7 Å². The molecular formula is C21H26N2O5. The zero-order valence-electron chi connectivity index (χ0n) is 16.3. The van der Waals surface area contributed by atoms with E-state index < -0.39 is 24.5 Å². The summed E-state index contributed by atoms with van der Waals surface area (Å²) in [7, 11) is 0. The number of benzene rings is 1. The van der Waals surface area contributed by atoms with Crippen LogP contribution in [0.5, 0.6) is 0 Å². The average molecular weight is 386 g/mol. The number of fused-ring (bicyclic) bond motifs is 1. The summed E-state index contributed by atoms with van der Waals surface area (Å²) in [5.41, 5.74) is 1.65. The van der Waals surface area contributed by atoms with Crippen molar-refractivity contribution in [3.05, 3.63) is 29.8 Å². The second-order valence-corrected chi connectivity index (χ2v) is 7.39. The van der Waals surface area contributed by atoms with Gasteiger partial charge < -0.3 is 10.1 Å². The second kappa shape index (κ2) is 8.54. The van der Waals surface area contributed by atoms with E-state index in [0.29, 0.717) is 18.5 Å². The number of likely N-dealkylation sites (tertiary alicyclic amines) is 1. The first-order valence-electron chi connectivity index (χ1n) is 9.85. The fourth-order valence-electron chi connectivity index (χ4n) is 4.07. The van der Waals surface area contributed by atoms with E-state index in [1.54, 1.807) is 6.07 Å². The monoisotopic (exact) mass is 386 g/mol. The van der Waals surface area contributed by atoms with E-state index in [9.17, 15) is 19.2 Å². The molecule has 7 heteroatoms. The maximum absolute atomic E-state index is 12.6. The van der Waals surface area contributed by atoms with Crippen molar-refractivity contribution in [3.8, 4) is 0 Å². The van der Waals surface area contributed by atoms with E-state index in [-0.39, 0.29) is 23.7 Å². The van der Waals surface area contributed by atoms with Crippen LogP contribution in [0.2, 0.25) is 0 Å². The third-order valence-electron chi connectivity index (χ3n) is 5.62. The van der Waals surface area contributed by atoms with E-state index in [1.165, 1.54) is 6.92 Å². The summed E-state index contributed by atoms with van der Waals surface area (Å²) in [4.78, 5) is 50.6. The predicted molar refractivity (Wildman–Crippen MR) is 102 cm³/mol. The molecule has 3 unspecified atom stereocenters. The molecule has 0 radical (unpaired) electrons. The lowest BCUT2D eigenvalue weighted by molar-refractivity contribution is -0.159. The Morgan fingerprint density at radius 2 is 1.75 bits per heavy atom. The van der Waals surface area contributed by atoms with Crippen molar-refractivity contribution in [1.82, 2.24) is 4.90 Å². The maximum atomic E-state index is 12.6. The third kappa shape index (κ3) is 3.93. The molecule has 3 amide bonds.